The maximum absolute atomic E-state index is 6.30. The second-order valence-electron chi connectivity index (χ2n) is 5.61. The molecule has 0 aromatic heterocycles. The SMILES string of the molecule is [B][C@]1(C)CCCCC2C(C)=C(C)OC2C1. The van der Waals surface area contributed by atoms with Crippen LogP contribution in [0.2, 0.25) is 5.31 Å². The van der Waals surface area contributed by atoms with Crippen molar-refractivity contribution in [2.75, 3.05) is 0 Å². The fourth-order valence-corrected chi connectivity index (χ4v) is 2.98. The molecule has 1 heterocycles. The Balaban J connectivity index is 2.14. The van der Waals surface area contributed by atoms with Crippen LogP contribution in [0.25, 0.3) is 0 Å². The van der Waals surface area contributed by atoms with Crippen molar-refractivity contribution < 1.29 is 4.74 Å². The molecule has 0 N–H and O–H groups in total. The maximum atomic E-state index is 6.30. The summed E-state index contributed by atoms with van der Waals surface area (Å²) >= 11 is 0. The number of hydrogen-bond donors (Lipinski definition) is 0. The highest BCUT2D eigenvalue weighted by atomic mass is 16.5. The van der Waals surface area contributed by atoms with Crippen molar-refractivity contribution in [3.05, 3.63) is 11.3 Å². The summed E-state index contributed by atoms with van der Waals surface area (Å²) in [6, 6.07) is 0. The Hall–Kier alpha value is -0.395. The molecule has 1 fully saturated rings. The number of rotatable bonds is 0. The third-order valence-electron chi connectivity index (χ3n) is 4.07. The van der Waals surface area contributed by atoms with Crippen LogP contribution < -0.4 is 0 Å². The van der Waals surface area contributed by atoms with E-state index in [1.807, 2.05) is 0 Å². The summed E-state index contributed by atoms with van der Waals surface area (Å²) in [5.74, 6) is 1.77. The molecule has 2 heteroatoms. The summed E-state index contributed by atoms with van der Waals surface area (Å²) in [4.78, 5) is 0. The van der Waals surface area contributed by atoms with Crippen molar-refractivity contribution in [3.63, 3.8) is 0 Å². The molecule has 0 aromatic rings. The van der Waals surface area contributed by atoms with Crippen molar-refractivity contribution in [2.24, 2.45) is 5.92 Å². The summed E-state index contributed by atoms with van der Waals surface area (Å²) in [5.41, 5.74) is 1.46. The van der Waals surface area contributed by atoms with Gasteiger partial charge in [-0.1, -0.05) is 31.5 Å². The van der Waals surface area contributed by atoms with E-state index in [0.29, 0.717) is 12.0 Å². The van der Waals surface area contributed by atoms with Crippen LogP contribution in [0.4, 0.5) is 0 Å². The van der Waals surface area contributed by atoms with Crippen LogP contribution in [-0.2, 0) is 4.74 Å². The Bertz CT molecular complexity index is 280. The minimum absolute atomic E-state index is 0.0335. The summed E-state index contributed by atoms with van der Waals surface area (Å²) in [6.07, 6.45) is 6.33. The predicted octanol–water partition coefficient (Wildman–Crippen LogP) is 3.61. The van der Waals surface area contributed by atoms with Crippen LogP contribution >= 0.6 is 0 Å². The lowest BCUT2D eigenvalue weighted by atomic mass is 9.61. The standard InChI is InChI=1S/C13H21BO/c1-9-10(2)15-12-8-13(3,14)7-5-4-6-11(9)12/h11-12H,4-8H2,1-3H3/t11?,12?,13-/m1/s1. The first-order valence-electron chi connectivity index (χ1n) is 6.12. The van der Waals surface area contributed by atoms with Crippen LogP contribution in [-0.4, -0.2) is 14.0 Å². The van der Waals surface area contributed by atoms with Crippen LogP contribution in [0, 0.1) is 5.92 Å². The van der Waals surface area contributed by atoms with Crippen molar-refractivity contribution in [1.82, 2.24) is 0 Å². The largest absolute Gasteiger partial charge is 0.495 e. The molecule has 2 unspecified atom stereocenters. The molecule has 0 amide bonds. The van der Waals surface area contributed by atoms with Gasteiger partial charge < -0.3 is 4.74 Å². The molecule has 0 spiro atoms. The van der Waals surface area contributed by atoms with Crippen molar-refractivity contribution in [3.8, 4) is 0 Å². The lowest BCUT2D eigenvalue weighted by Crippen LogP contribution is -2.26. The van der Waals surface area contributed by atoms with Gasteiger partial charge in [-0.15, -0.1) is 0 Å². The Morgan fingerprint density at radius 2 is 2.07 bits per heavy atom. The van der Waals surface area contributed by atoms with Gasteiger partial charge in [0.05, 0.1) is 13.6 Å². The maximum Gasteiger partial charge on any atom is 0.105 e. The van der Waals surface area contributed by atoms with E-state index in [-0.39, 0.29) is 5.31 Å². The van der Waals surface area contributed by atoms with E-state index in [1.54, 1.807) is 0 Å². The molecule has 1 nitrogen and oxygen atoms in total. The van der Waals surface area contributed by atoms with Crippen molar-refractivity contribution >= 4 is 7.85 Å². The Kier molecular flexibility index (Phi) is 2.87. The number of hydrogen-bond acceptors (Lipinski definition) is 1. The van der Waals surface area contributed by atoms with E-state index in [2.05, 4.69) is 20.8 Å². The van der Waals surface area contributed by atoms with Gasteiger partial charge in [-0.2, -0.15) is 0 Å². The molecule has 2 radical (unpaired) electrons. The van der Waals surface area contributed by atoms with Crippen molar-refractivity contribution in [2.45, 2.75) is 64.3 Å². The molecule has 3 atom stereocenters. The number of ether oxygens (including phenoxy) is 1. The summed E-state index contributed by atoms with van der Waals surface area (Å²) < 4.78 is 5.95. The lowest BCUT2D eigenvalue weighted by molar-refractivity contribution is 0.0824. The van der Waals surface area contributed by atoms with Gasteiger partial charge in [0.2, 0.25) is 0 Å². The van der Waals surface area contributed by atoms with E-state index in [4.69, 9.17) is 12.6 Å². The fraction of sp³-hybridized carbons (Fsp3) is 0.846. The minimum Gasteiger partial charge on any atom is -0.495 e. The van der Waals surface area contributed by atoms with Gasteiger partial charge in [-0.05, 0) is 32.3 Å². The predicted molar refractivity (Wildman–Crippen MR) is 63.9 cm³/mol. The average molecular weight is 204 g/mol. The van der Waals surface area contributed by atoms with Gasteiger partial charge in [0.15, 0.2) is 0 Å². The molecule has 82 valence electrons. The van der Waals surface area contributed by atoms with E-state index < -0.39 is 0 Å². The van der Waals surface area contributed by atoms with E-state index in [0.717, 1.165) is 18.6 Å². The van der Waals surface area contributed by atoms with Gasteiger partial charge in [0.25, 0.3) is 0 Å². The molecule has 1 aliphatic carbocycles. The summed E-state index contributed by atoms with van der Waals surface area (Å²) in [6.45, 7) is 6.48. The van der Waals surface area contributed by atoms with Crippen LogP contribution in [0.3, 0.4) is 0 Å². The first-order chi connectivity index (χ1) is 6.99. The Morgan fingerprint density at radius 1 is 1.33 bits per heavy atom. The topological polar surface area (TPSA) is 9.23 Å². The normalized spacial score (nSPS) is 41.8. The molecule has 2 rings (SSSR count). The zero-order valence-corrected chi connectivity index (χ0v) is 10.2. The average Bonchev–Trinajstić information content (AvgIpc) is 2.35. The zero-order chi connectivity index (χ0) is 11.1. The first-order valence-corrected chi connectivity index (χ1v) is 6.12. The highest BCUT2D eigenvalue weighted by Gasteiger charge is 2.37. The monoisotopic (exact) mass is 204 g/mol. The number of allylic oxidation sites excluding steroid dienone is 1. The second kappa shape index (κ2) is 3.88. The summed E-state index contributed by atoms with van der Waals surface area (Å²) in [7, 11) is 6.30. The fourth-order valence-electron chi connectivity index (χ4n) is 2.98. The summed E-state index contributed by atoms with van der Waals surface area (Å²) in [5, 5.41) is -0.0335. The van der Waals surface area contributed by atoms with Crippen LogP contribution in [0.1, 0.15) is 52.9 Å². The molecular formula is C13H21BO. The Morgan fingerprint density at radius 3 is 2.80 bits per heavy atom. The Labute approximate surface area is 94.7 Å². The lowest BCUT2D eigenvalue weighted by Gasteiger charge is -2.34. The first kappa shape index (κ1) is 11.1. The smallest absolute Gasteiger partial charge is 0.105 e. The van der Waals surface area contributed by atoms with E-state index >= 15 is 0 Å². The third kappa shape index (κ3) is 2.24. The van der Waals surface area contributed by atoms with E-state index in [1.165, 1.54) is 24.8 Å². The van der Waals surface area contributed by atoms with Crippen LogP contribution in [0.5, 0.6) is 0 Å². The van der Waals surface area contributed by atoms with Gasteiger partial charge in [-0.25, -0.2) is 0 Å². The highest BCUT2D eigenvalue weighted by molar-refractivity contribution is 6.14. The van der Waals surface area contributed by atoms with Crippen molar-refractivity contribution in [1.29, 1.82) is 0 Å². The molecular weight excluding hydrogens is 183 g/mol. The quantitative estimate of drug-likeness (QED) is 0.547. The van der Waals surface area contributed by atoms with Gasteiger partial charge in [0.1, 0.15) is 6.10 Å². The highest BCUT2D eigenvalue weighted by Crippen LogP contribution is 2.45. The molecule has 1 aliphatic heterocycles. The zero-order valence-electron chi connectivity index (χ0n) is 10.2. The molecule has 0 aromatic carbocycles. The second-order valence-corrected chi connectivity index (χ2v) is 5.61. The van der Waals surface area contributed by atoms with Gasteiger partial charge in [0, 0.05) is 5.92 Å². The van der Waals surface area contributed by atoms with E-state index in [9.17, 15) is 0 Å². The minimum atomic E-state index is -0.0335. The van der Waals surface area contributed by atoms with Gasteiger partial charge >= 0.3 is 0 Å². The van der Waals surface area contributed by atoms with Crippen LogP contribution in [0.15, 0.2) is 11.3 Å². The molecule has 15 heavy (non-hydrogen) atoms. The molecule has 0 saturated heterocycles. The number of fused-ring (bicyclic) bond motifs is 1. The molecule has 0 bridgehead atoms. The molecule has 1 saturated carbocycles. The van der Waals surface area contributed by atoms with Gasteiger partial charge in [-0.3, -0.25) is 0 Å². The third-order valence-corrected chi connectivity index (χ3v) is 4.07. The molecule has 2 aliphatic rings.